The molecule has 1 aliphatic heterocycles. The minimum absolute atomic E-state index is 0.0388. The Bertz CT molecular complexity index is 1950. The summed E-state index contributed by atoms with van der Waals surface area (Å²) in [6.07, 6.45) is 16.6. The summed E-state index contributed by atoms with van der Waals surface area (Å²) in [5.41, 5.74) is 7.46. The van der Waals surface area contributed by atoms with Crippen molar-refractivity contribution in [3.05, 3.63) is 72.8 Å². The average Bonchev–Trinajstić information content (AvgIpc) is 3.22. The van der Waals surface area contributed by atoms with Gasteiger partial charge in [0, 0.05) is 56.5 Å². The van der Waals surface area contributed by atoms with Crippen molar-refractivity contribution < 1.29 is 28.8 Å². The van der Waals surface area contributed by atoms with Gasteiger partial charge in [0.25, 0.3) is 11.8 Å². The quantitative estimate of drug-likeness (QED) is 0.163. The molecule has 3 aliphatic rings. The standard InChI is InChI=1S/C43H56N10O6/c1-43(2,3)37(51-41(58)35(30-10-5-4-6-11-30)50-39(56)33-23-45-16-17-48-33)42(59)53-19-18-52(24-28-12-14-29(15-13-28)31-21-46-26-47-22-31)34(25-53)40(57)49-32(36(54)38(44)55)20-27-8-7-9-27/h12-17,21-23,26-27,30,32,34-35,37H,4-11,18-20,24-25H2,1-3H3,(H2,44,55)(H,49,57)(H,50,56)(H,51,58)/t32?,34-,35-,37-/m1/s1. The van der Waals surface area contributed by atoms with Crippen LogP contribution in [0.25, 0.3) is 11.1 Å². The fourth-order valence-electron chi connectivity index (χ4n) is 8.24. The SMILES string of the molecule is CC(C)(C)[C@H](NC(=O)[C@H](NC(=O)c1cnccn1)C1CCCCC1)C(=O)N1CCN(Cc2ccc(-c3cncnc3)cc2)[C@@H](C(=O)NC(CC2CCC2)C(=O)C(N)=O)C1. The van der Waals surface area contributed by atoms with E-state index >= 15 is 0 Å². The Kier molecular flexibility index (Phi) is 14.1. The van der Waals surface area contributed by atoms with E-state index in [-0.39, 0.29) is 36.5 Å². The van der Waals surface area contributed by atoms with Crippen LogP contribution in [-0.2, 0) is 30.5 Å². The summed E-state index contributed by atoms with van der Waals surface area (Å²) >= 11 is 0. The van der Waals surface area contributed by atoms with Crippen LogP contribution in [0.4, 0.5) is 0 Å². The first-order chi connectivity index (χ1) is 28.3. The van der Waals surface area contributed by atoms with Crippen LogP contribution >= 0.6 is 0 Å². The first-order valence-electron chi connectivity index (χ1n) is 20.7. The van der Waals surface area contributed by atoms with Crippen LogP contribution in [0.2, 0.25) is 0 Å². The lowest BCUT2D eigenvalue weighted by Gasteiger charge is -2.44. The van der Waals surface area contributed by atoms with Crippen LogP contribution in [0.15, 0.2) is 61.6 Å². The number of rotatable bonds is 15. The van der Waals surface area contributed by atoms with Gasteiger partial charge in [0.2, 0.25) is 23.5 Å². The number of primary amides is 1. The number of benzene rings is 1. The summed E-state index contributed by atoms with van der Waals surface area (Å²) in [5.74, 6) is -3.78. The van der Waals surface area contributed by atoms with E-state index in [1.54, 1.807) is 17.3 Å². The molecule has 3 heterocycles. The van der Waals surface area contributed by atoms with Crippen molar-refractivity contribution in [2.45, 2.75) is 109 Å². The summed E-state index contributed by atoms with van der Waals surface area (Å²) < 4.78 is 0. The average molecular weight is 809 g/mol. The van der Waals surface area contributed by atoms with Gasteiger partial charge < -0.3 is 26.6 Å². The molecule has 16 nitrogen and oxygen atoms in total. The van der Waals surface area contributed by atoms with Crippen molar-refractivity contribution in [2.75, 3.05) is 19.6 Å². The highest BCUT2D eigenvalue weighted by Gasteiger charge is 2.43. The second kappa shape index (κ2) is 19.4. The molecule has 59 heavy (non-hydrogen) atoms. The number of carbonyl (C=O) groups excluding carboxylic acids is 6. The number of nitrogens with zero attached hydrogens (tertiary/aromatic N) is 6. The predicted molar refractivity (Wildman–Crippen MR) is 218 cm³/mol. The number of hydrogen-bond acceptors (Lipinski definition) is 11. The Morgan fingerprint density at radius 3 is 2.14 bits per heavy atom. The van der Waals surface area contributed by atoms with Gasteiger partial charge in [0.1, 0.15) is 30.1 Å². The van der Waals surface area contributed by atoms with Crippen LogP contribution in [-0.4, -0.2) is 109 Å². The molecule has 1 saturated heterocycles. The first kappa shape index (κ1) is 43.0. The molecule has 314 valence electrons. The number of piperazine rings is 1. The van der Waals surface area contributed by atoms with Crippen molar-refractivity contribution in [3.8, 4) is 11.1 Å². The van der Waals surface area contributed by atoms with Gasteiger partial charge in [-0.25, -0.2) is 15.0 Å². The predicted octanol–water partition coefficient (Wildman–Crippen LogP) is 2.59. The minimum atomic E-state index is -1.11. The Morgan fingerprint density at radius 1 is 0.814 bits per heavy atom. The normalized spacial score (nSPS) is 19.4. The molecule has 1 unspecified atom stereocenters. The number of hydrogen-bond donors (Lipinski definition) is 4. The molecule has 0 radical (unpaired) electrons. The highest BCUT2D eigenvalue weighted by molar-refractivity contribution is 6.37. The van der Waals surface area contributed by atoms with E-state index < -0.39 is 59.0 Å². The molecule has 5 N–H and O–H groups in total. The van der Waals surface area contributed by atoms with Gasteiger partial charge in [-0.05, 0) is 47.6 Å². The molecular formula is C43H56N10O6. The minimum Gasteiger partial charge on any atom is -0.363 e. The zero-order chi connectivity index (χ0) is 42.1. The van der Waals surface area contributed by atoms with Gasteiger partial charge in [-0.3, -0.25) is 38.7 Å². The maximum atomic E-state index is 14.7. The van der Waals surface area contributed by atoms with Gasteiger partial charge in [-0.2, -0.15) is 0 Å². The lowest BCUT2D eigenvalue weighted by Crippen LogP contribution is -2.65. The molecule has 4 atom stereocenters. The molecule has 3 aromatic rings. The fourth-order valence-corrected chi connectivity index (χ4v) is 8.24. The van der Waals surface area contributed by atoms with E-state index in [0.717, 1.165) is 68.1 Å². The molecule has 2 aromatic heterocycles. The van der Waals surface area contributed by atoms with Gasteiger partial charge in [-0.15, -0.1) is 0 Å². The molecule has 1 aromatic carbocycles. The van der Waals surface area contributed by atoms with Crippen LogP contribution < -0.4 is 21.7 Å². The third-order valence-electron chi connectivity index (χ3n) is 11.9. The van der Waals surface area contributed by atoms with Gasteiger partial charge in [0.15, 0.2) is 0 Å². The van der Waals surface area contributed by atoms with Crippen molar-refractivity contribution in [1.82, 2.24) is 45.7 Å². The maximum absolute atomic E-state index is 14.7. The summed E-state index contributed by atoms with van der Waals surface area (Å²) in [6, 6.07) is 3.92. The summed E-state index contributed by atoms with van der Waals surface area (Å²) in [6.45, 7) is 6.45. The van der Waals surface area contributed by atoms with Gasteiger partial charge >= 0.3 is 0 Å². The lowest BCUT2D eigenvalue weighted by molar-refractivity contribution is -0.145. The van der Waals surface area contributed by atoms with Crippen LogP contribution in [0.5, 0.6) is 0 Å². The highest BCUT2D eigenvalue weighted by atomic mass is 16.2. The molecule has 16 heteroatoms. The second-order valence-corrected chi connectivity index (χ2v) is 17.2. The lowest BCUT2D eigenvalue weighted by atomic mass is 9.80. The molecule has 0 bridgehead atoms. The smallest absolute Gasteiger partial charge is 0.287 e. The Labute approximate surface area is 344 Å². The van der Waals surface area contributed by atoms with Crippen molar-refractivity contribution in [2.24, 2.45) is 23.0 Å². The monoisotopic (exact) mass is 808 g/mol. The topological polar surface area (TPSA) is 223 Å². The second-order valence-electron chi connectivity index (χ2n) is 17.2. The van der Waals surface area contributed by atoms with E-state index in [9.17, 15) is 28.8 Å². The molecule has 3 fully saturated rings. The van der Waals surface area contributed by atoms with Gasteiger partial charge in [-0.1, -0.05) is 83.6 Å². The van der Waals surface area contributed by atoms with Crippen molar-refractivity contribution in [1.29, 1.82) is 0 Å². The summed E-state index contributed by atoms with van der Waals surface area (Å²) in [5, 5.41) is 8.76. The van der Waals surface area contributed by atoms with Gasteiger partial charge in [0.05, 0.1) is 12.2 Å². The fraction of sp³-hybridized carbons (Fsp3) is 0.535. The number of ketones is 1. The van der Waals surface area contributed by atoms with Crippen molar-refractivity contribution in [3.63, 3.8) is 0 Å². The molecule has 5 amide bonds. The first-order valence-corrected chi connectivity index (χ1v) is 20.7. The number of aromatic nitrogens is 4. The molecular weight excluding hydrogens is 753 g/mol. The zero-order valence-electron chi connectivity index (χ0n) is 34.1. The highest BCUT2D eigenvalue weighted by Crippen LogP contribution is 2.32. The third-order valence-corrected chi connectivity index (χ3v) is 11.9. The van der Waals surface area contributed by atoms with E-state index in [0.29, 0.717) is 19.5 Å². The molecule has 2 saturated carbocycles. The number of nitrogens with two attached hydrogens (primary N) is 1. The molecule has 0 spiro atoms. The Balaban J connectivity index is 1.23. The number of nitrogens with one attached hydrogen (secondary N) is 3. The third kappa shape index (κ3) is 11.1. The Hall–Kier alpha value is -5.64. The number of amides is 5. The number of carbonyl (C=O) groups is 6. The Morgan fingerprint density at radius 2 is 1.53 bits per heavy atom. The molecule has 2 aliphatic carbocycles. The summed E-state index contributed by atoms with van der Waals surface area (Å²) in [4.78, 5) is 101. The maximum Gasteiger partial charge on any atom is 0.287 e. The van der Waals surface area contributed by atoms with Crippen LogP contribution in [0.3, 0.4) is 0 Å². The van der Waals surface area contributed by atoms with E-state index in [4.69, 9.17) is 5.73 Å². The van der Waals surface area contributed by atoms with Crippen LogP contribution in [0.1, 0.15) is 94.6 Å². The van der Waals surface area contributed by atoms with E-state index in [1.807, 2.05) is 49.9 Å². The van der Waals surface area contributed by atoms with Crippen LogP contribution in [0, 0.1) is 17.3 Å². The van der Waals surface area contributed by atoms with E-state index in [1.165, 1.54) is 24.9 Å². The number of Topliss-reactive ketones (excluding diaryl/α,β-unsaturated/α-hetero) is 1. The largest absolute Gasteiger partial charge is 0.363 e. The zero-order valence-corrected chi connectivity index (χ0v) is 34.1. The van der Waals surface area contributed by atoms with E-state index in [2.05, 4.69) is 35.9 Å². The van der Waals surface area contributed by atoms with Crippen molar-refractivity contribution >= 4 is 35.3 Å². The summed E-state index contributed by atoms with van der Waals surface area (Å²) in [7, 11) is 0. The molecule has 6 rings (SSSR count).